The van der Waals surface area contributed by atoms with Crippen LogP contribution in [0.5, 0.6) is 5.75 Å². The monoisotopic (exact) mass is 475 g/mol. The van der Waals surface area contributed by atoms with E-state index in [4.69, 9.17) is 9.73 Å². The number of anilines is 2. The second-order valence-electron chi connectivity index (χ2n) is 7.27. The van der Waals surface area contributed by atoms with Crippen LogP contribution in [0.2, 0.25) is 0 Å². The van der Waals surface area contributed by atoms with E-state index < -0.39 is 0 Å². The van der Waals surface area contributed by atoms with Gasteiger partial charge in [-0.1, -0.05) is 46.3 Å². The summed E-state index contributed by atoms with van der Waals surface area (Å²) < 4.78 is 6.42. The van der Waals surface area contributed by atoms with Gasteiger partial charge in [0.1, 0.15) is 11.4 Å². The number of carbonyl (C=O) groups excluding carboxylic acids is 1. The van der Waals surface area contributed by atoms with Crippen molar-refractivity contribution in [2.45, 2.75) is 0 Å². The van der Waals surface area contributed by atoms with Crippen molar-refractivity contribution in [1.82, 2.24) is 0 Å². The van der Waals surface area contributed by atoms with Gasteiger partial charge in [-0.15, -0.1) is 0 Å². The molecule has 3 aromatic carbocycles. The average Bonchev–Trinajstić information content (AvgIpc) is 3.09. The van der Waals surface area contributed by atoms with E-state index in [-0.39, 0.29) is 5.91 Å². The third kappa shape index (κ3) is 4.25. The summed E-state index contributed by atoms with van der Waals surface area (Å²) in [7, 11) is 5.60. The molecule has 6 heteroatoms. The van der Waals surface area contributed by atoms with Crippen LogP contribution in [0.1, 0.15) is 11.1 Å². The molecule has 31 heavy (non-hydrogen) atoms. The molecule has 0 unspecified atom stereocenters. The quantitative estimate of drug-likeness (QED) is 0.466. The highest BCUT2D eigenvalue weighted by Gasteiger charge is 2.33. The molecule has 1 amide bonds. The predicted molar refractivity (Wildman–Crippen MR) is 130 cm³/mol. The molecule has 0 radical (unpaired) electrons. The summed E-state index contributed by atoms with van der Waals surface area (Å²) in [6.07, 6.45) is 1.81. The van der Waals surface area contributed by atoms with E-state index in [2.05, 4.69) is 15.9 Å². The largest absolute Gasteiger partial charge is 0.496 e. The van der Waals surface area contributed by atoms with Gasteiger partial charge in [-0.05, 0) is 54.1 Å². The number of rotatable bonds is 5. The Labute approximate surface area is 190 Å². The average molecular weight is 476 g/mol. The number of nitrogens with zero attached hydrogens (tertiary/aromatic N) is 3. The van der Waals surface area contributed by atoms with Crippen LogP contribution in [-0.2, 0) is 4.79 Å². The molecule has 0 atom stereocenters. The SMILES string of the molecule is COc1ccccc1C1=N/C(=C/c2ccc(N(C)C)cc2)C(=O)N1c1cccc(Br)c1. The number of para-hydroxylation sites is 1. The number of halogens is 1. The molecule has 5 nitrogen and oxygen atoms in total. The fraction of sp³-hybridized carbons (Fsp3) is 0.120. The Kier molecular flexibility index (Phi) is 5.91. The van der Waals surface area contributed by atoms with E-state index in [0.29, 0.717) is 17.3 Å². The Morgan fingerprint density at radius 2 is 1.74 bits per heavy atom. The van der Waals surface area contributed by atoms with E-state index in [1.807, 2.05) is 97.9 Å². The molecule has 0 saturated heterocycles. The Bertz CT molecular complexity index is 1180. The second-order valence-corrected chi connectivity index (χ2v) is 8.19. The molecule has 0 aliphatic carbocycles. The molecule has 1 aliphatic heterocycles. The first-order chi connectivity index (χ1) is 15.0. The van der Waals surface area contributed by atoms with E-state index >= 15 is 0 Å². The Morgan fingerprint density at radius 1 is 1.00 bits per heavy atom. The molecule has 0 N–H and O–H groups in total. The number of hydrogen-bond acceptors (Lipinski definition) is 4. The maximum absolute atomic E-state index is 13.5. The van der Waals surface area contributed by atoms with E-state index in [9.17, 15) is 4.79 Å². The molecule has 0 bridgehead atoms. The van der Waals surface area contributed by atoms with Crippen LogP contribution in [0.4, 0.5) is 11.4 Å². The van der Waals surface area contributed by atoms with Crippen LogP contribution in [0.25, 0.3) is 6.08 Å². The van der Waals surface area contributed by atoms with E-state index in [1.165, 1.54) is 0 Å². The van der Waals surface area contributed by atoms with Crippen molar-refractivity contribution in [3.63, 3.8) is 0 Å². The summed E-state index contributed by atoms with van der Waals surface area (Å²) in [6, 6.07) is 23.2. The zero-order valence-corrected chi connectivity index (χ0v) is 19.1. The predicted octanol–water partition coefficient (Wildman–Crippen LogP) is 5.36. The Morgan fingerprint density at radius 3 is 2.42 bits per heavy atom. The first-order valence-corrected chi connectivity index (χ1v) is 10.6. The molecule has 0 saturated carbocycles. The van der Waals surface area contributed by atoms with Crippen LogP contribution in [-0.4, -0.2) is 32.9 Å². The normalized spacial score (nSPS) is 14.7. The molecular formula is C25H22BrN3O2. The number of aliphatic imine (C=N–C) groups is 1. The Balaban J connectivity index is 1.82. The minimum atomic E-state index is -0.185. The van der Waals surface area contributed by atoms with Gasteiger partial charge in [0.15, 0.2) is 5.84 Å². The van der Waals surface area contributed by atoms with Crippen molar-refractivity contribution >= 4 is 45.1 Å². The summed E-state index contributed by atoms with van der Waals surface area (Å²) in [5.74, 6) is 1.01. The van der Waals surface area contributed by atoms with Crippen molar-refractivity contribution in [2.24, 2.45) is 4.99 Å². The van der Waals surface area contributed by atoms with Gasteiger partial charge in [0.05, 0.1) is 18.4 Å². The van der Waals surface area contributed by atoms with Gasteiger partial charge >= 0.3 is 0 Å². The molecular weight excluding hydrogens is 454 g/mol. The van der Waals surface area contributed by atoms with Gasteiger partial charge in [-0.25, -0.2) is 4.99 Å². The zero-order valence-electron chi connectivity index (χ0n) is 17.5. The first-order valence-electron chi connectivity index (χ1n) is 9.79. The lowest BCUT2D eigenvalue weighted by molar-refractivity contribution is -0.113. The molecule has 156 valence electrons. The molecule has 0 fully saturated rings. The highest BCUT2D eigenvalue weighted by Crippen LogP contribution is 2.32. The molecule has 0 spiro atoms. The summed E-state index contributed by atoms with van der Waals surface area (Å²) in [5.41, 5.74) is 3.86. The summed E-state index contributed by atoms with van der Waals surface area (Å²) >= 11 is 3.50. The van der Waals surface area contributed by atoms with E-state index in [1.54, 1.807) is 12.0 Å². The zero-order chi connectivity index (χ0) is 22.0. The topological polar surface area (TPSA) is 45.1 Å². The van der Waals surface area contributed by atoms with Crippen molar-refractivity contribution in [3.8, 4) is 5.75 Å². The molecule has 0 aromatic heterocycles. The van der Waals surface area contributed by atoms with Gasteiger partial charge in [0, 0.05) is 24.3 Å². The number of ether oxygens (including phenoxy) is 1. The van der Waals surface area contributed by atoms with Gasteiger partial charge in [-0.2, -0.15) is 0 Å². The van der Waals surface area contributed by atoms with Crippen molar-refractivity contribution in [3.05, 3.63) is 94.1 Å². The van der Waals surface area contributed by atoms with Crippen molar-refractivity contribution < 1.29 is 9.53 Å². The number of amides is 1. The lowest BCUT2D eigenvalue weighted by Crippen LogP contribution is -2.32. The highest BCUT2D eigenvalue weighted by molar-refractivity contribution is 9.10. The van der Waals surface area contributed by atoms with Gasteiger partial charge in [0.25, 0.3) is 5.91 Å². The number of methoxy groups -OCH3 is 1. The Hall–Kier alpha value is -3.38. The van der Waals surface area contributed by atoms with E-state index in [0.717, 1.165) is 27.0 Å². The van der Waals surface area contributed by atoms with Crippen LogP contribution in [0.3, 0.4) is 0 Å². The maximum Gasteiger partial charge on any atom is 0.282 e. The summed E-state index contributed by atoms with van der Waals surface area (Å²) in [6.45, 7) is 0. The first kappa shape index (κ1) is 20.9. The third-order valence-corrected chi connectivity index (χ3v) is 5.48. The maximum atomic E-state index is 13.5. The molecule has 1 heterocycles. The minimum Gasteiger partial charge on any atom is -0.496 e. The number of hydrogen-bond donors (Lipinski definition) is 0. The molecule has 3 aromatic rings. The number of amidine groups is 1. The second kappa shape index (κ2) is 8.78. The van der Waals surface area contributed by atoms with Crippen LogP contribution >= 0.6 is 15.9 Å². The van der Waals surface area contributed by atoms with Crippen LogP contribution < -0.4 is 14.5 Å². The smallest absolute Gasteiger partial charge is 0.282 e. The fourth-order valence-electron chi connectivity index (χ4n) is 3.41. The summed E-state index contributed by atoms with van der Waals surface area (Å²) in [4.78, 5) is 21.9. The van der Waals surface area contributed by atoms with Gasteiger partial charge < -0.3 is 9.64 Å². The lowest BCUT2D eigenvalue weighted by Gasteiger charge is -2.20. The van der Waals surface area contributed by atoms with Crippen molar-refractivity contribution in [1.29, 1.82) is 0 Å². The summed E-state index contributed by atoms with van der Waals surface area (Å²) in [5, 5.41) is 0. The lowest BCUT2D eigenvalue weighted by atomic mass is 10.1. The molecule has 4 rings (SSSR count). The number of carbonyl (C=O) groups is 1. The third-order valence-electron chi connectivity index (χ3n) is 4.99. The van der Waals surface area contributed by atoms with Gasteiger partial charge in [0.2, 0.25) is 0 Å². The molecule has 1 aliphatic rings. The fourth-order valence-corrected chi connectivity index (χ4v) is 3.80. The number of benzene rings is 3. The minimum absolute atomic E-state index is 0.185. The van der Waals surface area contributed by atoms with Gasteiger partial charge in [-0.3, -0.25) is 9.69 Å². The van der Waals surface area contributed by atoms with Crippen LogP contribution in [0.15, 0.2) is 88.0 Å². The van der Waals surface area contributed by atoms with Crippen LogP contribution in [0, 0.1) is 0 Å². The van der Waals surface area contributed by atoms with Crippen molar-refractivity contribution in [2.75, 3.05) is 31.0 Å². The standard InChI is InChI=1S/C25H22BrN3O2/c1-28(2)19-13-11-17(12-14-19)15-22-25(30)29(20-8-6-7-18(26)16-20)24(27-22)21-9-4-5-10-23(21)31-3/h4-16H,1-3H3/b22-15+. The highest BCUT2D eigenvalue weighted by atomic mass is 79.9.